The highest BCUT2D eigenvalue weighted by Crippen LogP contribution is 2.35. The van der Waals surface area contributed by atoms with Gasteiger partial charge in [-0.05, 0) is 48.8 Å². The number of hydrogen-bond donors (Lipinski definition) is 3. The molecule has 0 bridgehead atoms. The largest absolute Gasteiger partial charge is 0.396 e. The lowest BCUT2D eigenvalue weighted by atomic mass is 10.1. The first-order chi connectivity index (χ1) is 13.0. The van der Waals surface area contributed by atoms with Crippen LogP contribution in [0.3, 0.4) is 0 Å². The Labute approximate surface area is 158 Å². The van der Waals surface area contributed by atoms with E-state index >= 15 is 0 Å². The summed E-state index contributed by atoms with van der Waals surface area (Å²) in [6, 6.07) is 7.54. The monoisotopic (exact) mass is 368 g/mol. The molecule has 0 spiro atoms. The number of aromatic nitrogens is 3. The zero-order valence-electron chi connectivity index (χ0n) is 15.3. The summed E-state index contributed by atoms with van der Waals surface area (Å²) in [5.74, 6) is 5.25. The first-order valence-electron chi connectivity index (χ1n) is 9.18. The number of hydrogen-bond acceptors (Lipinski definition) is 5. The summed E-state index contributed by atoms with van der Waals surface area (Å²) in [5, 5.41) is 27.6. The molecule has 4 N–H and O–H groups in total. The van der Waals surface area contributed by atoms with E-state index in [0.717, 1.165) is 18.4 Å². The van der Waals surface area contributed by atoms with Crippen molar-refractivity contribution in [2.45, 2.75) is 44.8 Å². The number of primary amides is 1. The molecular formula is C20H24N4O3. The van der Waals surface area contributed by atoms with E-state index in [2.05, 4.69) is 29.1 Å². The average molecular weight is 368 g/mol. The molecule has 1 heterocycles. The van der Waals surface area contributed by atoms with Crippen LogP contribution in [0.1, 0.15) is 59.5 Å². The lowest BCUT2D eigenvalue weighted by molar-refractivity contribution is 0.0994. The van der Waals surface area contributed by atoms with Crippen molar-refractivity contribution in [2.24, 2.45) is 11.7 Å². The number of nitrogens with two attached hydrogens (primary N) is 1. The van der Waals surface area contributed by atoms with E-state index < -0.39 is 12.0 Å². The van der Waals surface area contributed by atoms with E-state index in [1.807, 2.05) is 24.3 Å². The van der Waals surface area contributed by atoms with Gasteiger partial charge < -0.3 is 15.9 Å². The molecule has 1 saturated carbocycles. The highest BCUT2D eigenvalue weighted by atomic mass is 16.3. The molecule has 1 aromatic heterocycles. The number of rotatable bonds is 5. The molecular weight excluding hydrogens is 344 g/mol. The summed E-state index contributed by atoms with van der Waals surface area (Å²) < 4.78 is 1.47. The Kier molecular flexibility index (Phi) is 5.89. The highest BCUT2D eigenvalue weighted by molar-refractivity contribution is 5.92. The normalized spacial score (nSPS) is 21.7. The summed E-state index contributed by atoms with van der Waals surface area (Å²) >= 11 is 0. The molecule has 142 valence electrons. The Morgan fingerprint density at radius 3 is 2.63 bits per heavy atom. The first kappa shape index (κ1) is 19.1. The van der Waals surface area contributed by atoms with Gasteiger partial charge in [-0.15, -0.1) is 5.10 Å². The molecule has 1 fully saturated rings. The molecule has 0 saturated heterocycles. The topological polar surface area (TPSA) is 114 Å². The van der Waals surface area contributed by atoms with Crippen LogP contribution >= 0.6 is 0 Å². The van der Waals surface area contributed by atoms with Gasteiger partial charge in [0.05, 0.1) is 12.1 Å². The Morgan fingerprint density at radius 2 is 2.04 bits per heavy atom. The third-order valence-corrected chi connectivity index (χ3v) is 4.91. The summed E-state index contributed by atoms with van der Waals surface area (Å²) in [6.45, 7) is 2.13. The lowest BCUT2D eigenvalue weighted by Gasteiger charge is -2.15. The lowest BCUT2D eigenvalue weighted by Crippen LogP contribution is -2.21. The number of nitrogens with zero attached hydrogens (tertiary/aromatic N) is 3. The molecule has 0 unspecified atom stereocenters. The van der Waals surface area contributed by atoms with Crippen LogP contribution in [-0.4, -0.2) is 43.8 Å². The number of carbonyl (C=O) groups excluding carboxylic acids is 1. The molecule has 1 aliphatic carbocycles. The Balaban J connectivity index is 1.93. The van der Waals surface area contributed by atoms with Crippen molar-refractivity contribution in [3.05, 3.63) is 46.8 Å². The molecule has 1 aromatic carbocycles. The van der Waals surface area contributed by atoms with Gasteiger partial charge in [0.1, 0.15) is 5.69 Å². The van der Waals surface area contributed by atoms with Gasteiger partial charge in [-0.2, -0.15) is 0 Å². The summed E-state index contributed by atoms with van der Waals surface area (Å²) in [6.07, 6.45) is 2.43. The average Bonchev–Trinajstić information content (AvgIpc) is 3.24. The fourth-order valence-electron chi connectivity index (χ4n) is 3.49. The molecule has 3 rings (SSSR count). The third-order valence-electron chi connectivity index (χ3n) is 4.91. The van der Waals surface area contributed by atoms with E-state index in [9.17, 15) is 15.0 Å². The number of aliphatic hydroxyl groups is 2. The summed E-state index contributed by atoms with van der Waals surface area (Å²) in [7, 11) is 0. The van der Waals surface area contributed by atoms with E-state index in [4.69, 9.17) is 5.73 Å². The fourth-order valence-corrected chi connectivity index (χ4v) is 3.49. The van der Waals surface area contributed by atoms with Crippen LogP contribution < -0.4 is 5.73 Å². The van der Waals surface area contributed by atoms with Crippen molar-refractivity contribution in [3.8, 4) is 11.8 Å². The summed E-state index contributed by atoms with van der Waals surface area (Å²) in [5.41, 5.74) is 7.75. The molecule has 0 aliphatic heterocycles. The van der Waals surface area contributed by atoms with Crippen LogP contribution in [0, 0.1) is 17.8 Å². The van der Waals surface area contributed by atoms with E-state index in [0.29, 0.717) is 18.5 Å². The Morgan fingerprint density at radius 1 is 1.30 bits per heavy atom. The minimum Gasteiger partial charge on any atom is -0.396 e. The number of amides is 1. The third kappa shape index (κ3) is 4.18. The predicted molar refractivity (Wildman–Crippen MR) is 99.8 cm³/mol. The van der Waals surface area contributed by atoms with Gasteiger partial charge in [0, 0.05) is 12.2 Å². The van der Waals surface area contributed by atoms with Crippen LogP contribution in [0.25, 0.3) is 0 Å². The second-order valence-electron chi connectivity index (χ2n) is 6.95. The van der Waals surface area contributed by atoms with E-state index in [-0.39, 0.29) is 24.3 Å². The Hall–Kier alpha value is -2.69. The summed E-state index contributed by atoms with van der Waals surface area (Å²) in [4.78, 5) is 11.7. The second-order valence-corrected chi connectivity index (χ2v) is 6.95. The molecule has 0 radical (unpaired) electrons. The van der Waals surface area contributed by atoms with Crippen LogP contribution in [-0.2, 0) is 6.42 Å². The van der Waals surface area contributed by atoms with Gasteiger partial charge in [-0.3, -0.25) is 4.79 Å². The van der Waals surface area contributed by atoms with Crippen molar-refractivity contribution >= 4 is 5.91 Å². The van der Waals surface area contributed by atoms with E-state index in [1.165, 1.54) is 10.2 Å². The molecule has 3 atom stereocenters. The SMILES string of the molecule is CCCc1ccc(C#Cc2c(C(N)=O)nnn2[C@@H]2C[C@H](CO)C[C@H]2O)cc1. The fraction of sp³-hybridized carbons (Fsp3) is 0.450. The molecule has 1 aliphatic rings. The number of aryl methyl sites for hydroxylation is 1. The molecule has 7 heteroatoms. The van der Waals surface area contributed by atoms with Crippen molar-refractivity contribution in [3.63, 3.8) is 0 Å². The minimum atomic E-state index is -0.713. The van der Waals surface area contributed by atoms with Crippen LogP contribution in [0.4, 0.5) is 0 Å². The van der Waals surface area contributed by atoms with Crippen molar-refractivity contribution < 1.29 is 15.0 Å². The first-order valence-corrected chi connectivity index (χ1v) is 9.18. The van der Waals surface area contributed by atoms with Gasteiger partial charge in [-0.25, -0.2) is 4.68 Å². The maximum absolute atomic E-state index is 11.7. The zero-order valence-corrected chi connectivity index (χ0v) is 15.3. The van der Waals surface area contributed by atoms with Crippen molar-refractivity contribution in [1.82, 2.24) is 15.0 Å². The molecule has 27 heavy (non-hydrogen) atoms. The number of carbonyl (C=O) groups is 1. The molecule has 2 aromatic rings. The number of aliphatic hydroxyl groups excluding tert-OH is 2. The van der Waals surface area contributed by atoms with Crippen LogP contribution in [0.15, 0.2) is 24.3 Å². The predicted octanol–water partition coefficient (Wildman–Crippen LogP) is 1.03. The van der Waals surface area contributed by atoms with Gasteiger partial charge in [0.2, 0.25) is 0 Å². The standard InChI is InChI=1S/C20H24N4O3/c1-2-3-13-4-6-14(7-5-13)8-9-16-19(20(21)27)22-23-24(16)17-10-15(12-25)11-18(17)26/h4-7,15,17-18,25-26H,2-3,10-12H2,1H3,(H2,21,27)/t15-,17+,18+/m0/s1. The Bertz CT molecular complexity index is 864. The zero-order chi connectivity index (χ0) is 19.4. The smallest absolute Gasteiger partial charge is 0.272 e. The van der Waals surface area contributed by atoms with Crippen molar-refractivity contribution in [2.75, 3.05) is 6.61 Å². The van der Waals surface area contributed by atoms with Gasteiger partial charge in [0.15, 0.2) is 5.69 Å². The molecule has 1 amide bonds. The maximum Gasteiger partial charge on any atom is 0.272 e. The quantitative estimate of drug-likeness (QED) is 0.682. The van der Waals surface area contributed by atoms with Crippen LogP contribution in [0.5, 0.6) is 0 Å². The van der Waals surface area contributed by atoms with E-state index in [1.54, 1.807) is 0 Å². The van der Waals surface area contributed by atoms with Crippen LogP contribution in [0.2, 0.25) is 0 Å². The van der Waals surface area contributed by atoms with Gasteiger partial charge in [-0.1, -0.05) is 36.6 Å². The van der Waals surface area contributed by atoms with Gasteiger partial charge >= 0.3 is 0 Å². The highest BCUT2D eigenvalue weighted by Gasteiger charge is 2.36. The second kappa shape index (κ2) is 8.33. The number of benzene rings is 1. The van der Waals surface area contributed by atoms with Crippen molar-refractivity contribution in [1.29, 1.82) is 0 Å². The molecule has 7 nitrogen and oxygen atoms in total. The minimum absolute atomic E-state index is 0.00391. The maximum atomic E-state index is 11.7. The van der Waals surface area contributed by atoms with Gasteiger partial charge in [0.25, 0.3) is 5.91 Å².